The molecule has 0 saturated carbocycles. The van der Waals surface area contributed by atoms with E-state index in [9.17, 15) is 18.7 Å². The number of rotatable bonds is 3. The Morgan fingerprint density at radius 2 is 1.86 bits per heavy atom. The van der Waals surface area contributed by atoms with Crippen molar-refractivity contribution in [2.75, 3.05) is 31.1 Å². The van der Waals surface area contributed by atoms with Crippen molar-refractivity contribution in [1.29, 1.82) is 0 Å². The fourth-order valence-electron chi connectivity index (χ4n) is 3.85. The van der Waals surface area contributed by atoms with E-state index in [0.29, 0.717) is 32.2 Å². The summed E-state index contributed by atoms with van der Waals surface area (Å²) in [6.45, 7) is 4.00. The molecule has 2 aromatic carbocycles. The second kappa shape index (κ2) is 7.75. The molecule has 5 nitrogen and oxygen atoms in total. The van der Waals surface area contributed by atoms with Crippen molar-refractivity contribution in [3.63, 3.8) is 0 Å². The number of amides is 1. The van der Waals surface area contributed by atoms with Gasteiger partial charge in [-0.3, -0.25) is 9.78 Å². The molecule has 0 radical (unpaired) electrons. The summed E-state index contributed by atoms with van der Waals surface area (Å²) in [5.74, 6) is -2.25. The van der Waals surface area contributed by atoms with Crippen LogP contribution < -0.4 is 4.90 Å². The maximum absolute atomic E-state index is 13.9. The van der Waals surface area contributed by atoms with Crippen LogP contribution in [0.15, 0.2) is 48.8 Å². The Morgan fingerprint density at radius 3 is 2.59 bits per heavy atom. The predicted molar refractivity (Wildman–Crippen MR) is 107 cm³/mol. The number of aliphatic hydroxyl groups excluding tert-OH is 1. The van der Waals surface area contributed by atoms with E-state index in [1.807, 2.05) is 31.5 Å². The number of hydrogen-bond acceptors (Lipinski definition) is 4. The van der Waals surface area contributed by atoms with E-state index in [0.717, 1.165) is 34.2 Å². The molecule has 3 aromatic rings. The van der Waals surface area contributed by atoms with Gasteiger partial charge in [-0.1, -0.05) is 18.2 Å². The van der Waals surface area contributed by atoms with Gasteiger partial charge in [0.05, 0.1) is 0 Å². The van der Waals surface area contributed by atoms with Gasteiger partial charge in [0.1, 0.15) is 11.6 Å². The predicted octanol–water partition coefficient (Wildman–Crippen LogP) is 3.20. The Labute approximate surface area is 167 Å². The number of carbonyl (C=O) groups excluding carboxylic acids is 1. The van der Waals surface area contributed by atoms with Crippen LogP contribution in [0, 0.1) is 18.6 Å². The van der Waals surface area contributed by atoms with Crippen LogP contribution in [-0.2, 0) is 4.79 Å². The number of anilines is 1. The number of aliphatic hydroxyl groups is 1. The summed E-state index contributed by atoms with van der Waals surface area (Å²) in [4.78, 5) is 20.6. The van der Waals surface area contributed by atoms with Crippen LogP contribution in [0.5, 0.6) is 0 Å². The summed E-state index contributed by atoms with van der Waals surface area (Å²) in [6, 6.07) is 8.86. The number of carbonyl (C=O) groups is 1. The van der Waals surface area contributed by atoms with Crippen LogP contribution in [0.2, 0.25) is 0 Å². The molecule has 2 heterocycles. The lowest BCUT2D eigenvalue weighted by atomic mass is 10.0. The quantitative estimate of drug-likeness (QED) is 0.738. The largest absolute Gasteiger partial charge is 0.378 e. The van der Waals surface area contributed by atoms with Crippen molar-refractivity contribution >= 4 is 22.4 Å². The highest BCUT2D eigenvalue weighted by molar-refractivity contribution is 5.96. The van der Waals surface area contributed by atoms with Gasteiger partial charge < -0.3 is 14.9 Å². The maximum atomic E-state index is 13.9. The molecule has 1 aliphatic heterocycles. The third kappa shape index (κ3) is 3.65. The lowest BCUT2D eigenvalue weighted by molar-refractivity contribution is -0.141. The molecule has 1 amide bonds. The standard InChI is InChI=1S/C22H21F2N3O2/c1-14-12-25-13-15-3-2-4-19(20(14)15)26-7-9-27(10-8-26)22(29)21(28)17-6-5-16(23)11-18(17)24/h2-6,11-13,21,28H,7-10H2,1H3. The lowest BCUT2D eigenvalue weighted by Crippen LogP contribution is -2.50. The fraction of sp³-hybridized carbons (Fsp3) is 0.273. The van der Waals surface area contributed by atoms with Crippen molar-refractivity contribution in [2.45, 2.75) is 13.0 Å². The van der Waals surface area contributed by atoms with Gasteiger partial charge in [0, 0.05) is 66.7 Å². The first-order valence-electron chi connectivity index (χ1n) is 9.46. The molecule has 1 aliphatic rings. The molecule has 1 N–H and O–H groups in total. The number of aryl methyl sites for hydroxylation is 1. The normalized spacial score (nSPS) is 15.6. The first-order valence-corrected chi connectivity index (χ1v) is 9.46. The minimum Gasteiger partial charge on any atom is -0.378 e. The molecule has 1 aromatic heterocycles. The zero-order valence-corrected chi connectivity index (χ0v) is 16.0. The minimum absolute atomic E-state index is 0.212. The van der Waals surface area contributed by atoms with Gasteiger partial charge in [0.2, 0.25) is 0 Å². The number of halogens is 2. The average Bonchev–Trinajstić information content (AvgIpc) is 2.73. The first kappa shape index (κ1) is 19.3. The van der Waals surface area contributed by atoms with E-state index in [4.69, 9.17) is 0 Å². The molecule has 150 valence electrons. The summed E-state index contributed by atoms with van der Waals surface area (Å²) < 4.78 is 27.0. The summed E-state index contributed by atoms with van der Waals surface area (Å²) in [5, 5.41) is 12.5. The molecular formula is C22H21F2N3O2. The second-order valence-corrected chi connectivity index (χ2v) is 7.21. The van der Waals surface area contributed by atoms with Gasteiger partial charge in [-0.25, -0.2) is 8.78 Å². The van der Waals surface area contributed by atoms with Crippen molar-refractivity contribution in [3.05, 3.63) is 71.6 Å². The van der Waals surface area contributed by atoms with Crippen LogP contribution in [0.4, 0.5) is 14.5 Å². The zero-order chi connectivity index (χ0) is 20.5. The highest BCUT2D eigenvalue weighted by Gasteiger charge is 2.29. The third-order valence-corrected chi connectivity index (χ3v) is 5.37. The van der Waals surface area contributed by atoms with Gasteiger partial charge in [-0.05, 0) is 24.6 Å². The van der Waals surface area contributed by atoms with Gasteiger partial charge in [-0.15, -0.1) is 0 Å². The first-order chi connectivity index (χ1) is 14.0. The van der Waals surface area contributed by atoms with Crippen LogP contribution >= 0.6 is 0 Å². The number of piperazine rings is 1. The molecule has 4 rings (SSSR count). The van der Waals surface area contributed by atoms with Gasteiger partial charge in [0.25, 0.3) is 5.91 Å². The molecule has 1 atom stereocenters. The third-order valence-electron chi connectivity index (χ3n) is 5.37. The van der Waals surface area contributed by atoms with E-state index in [1.165, 1.54) is 4.90 Å². The van der Waals surface area contributed by atoms with Crippen LogP contribution in [-0.4, -0.2) is 47.1 Å². The molecule has 0 aliphatic carbocycles. The number of fused-ring (bicyclic) bond motifs is 1. The Hall–Kier alpha value is -3.06. The molecule has 1 fully saturated rings. The van der Waals surface area contributed by atoms with Crippen molar-refractivity contribution < 1.29 is 18.7 Å². The van der Waals surface area contributed by atoms with Gasteiger partial charge in [-0.2, -0.15) is 0 Å². The van der Waals surface area contributed by atoms with E-state index in [2.05, 4.69) is 16.0 Å². The Morgan fingerprint density at radius 1 is 1.10 bits per heavy atom. The number of aromatic nitrogens is 1. The molecule has 29 heavy (non-hydrogen) atoms. The van der Waals surface area contributed by atoms with Crippen molar-refractivity contribution in [1.82, 2.24) is 9.88 Å². The molecule has 1 unspecified atom stereocenters. The molecule has 0 spiro atoms. The highest BCUT2D eigenvalue weighted by Crippen LogP contribution is 2.30. The fourth-order valence-corrected chi connectivity index (χ4v) is 3.85. The van der Waals surface area contributed by atoms with Crippen LogP contribution in [0.25, 0.3) is 10.8 Å². The molecule has 7 heteroatoms. The van der Waals surface area contributed by atoms with E-state index in [1.54, 1.807) is 0 Å². The summed E-state index contributed by atoms with van der Waals surface area (Å²) in [5.41, 5.74) is 1.95. The number of benzene rings is 2. The maximum Gasteiger partial charge on any atom is 0.256 e. The Bertz CT molecular complexity index is 1060. The van der Waals surface area contributed by atoms with E-state index < -0.39 is 23.6 Å². The smallest absolute Gasteiger partial charge is 0.256 e. The summed E-state index contributed by atoms with van der Waals surface area (Å²) in [6.07, 6.45) is 2.02. The summed E-state index contributed by atoms with van der Waals surface area (Å²) in [7, 11) is 0. The Balaban J connectivity index is 1.49. The SMILES string of the molecule is Cc1cncc2cccc(N3CCN(C(=O)C(O)c4ccc(F)cc4F)CC3)c12. The van der Waals surface area contributed by atoms with Crippen molar-refractivity contribution in [3.8, 4) is 0 Å². The number of pyridine rings is 1. The second-order valence-electron chi connectivity index (χ2n) is 7.21. The van der Waals surface area contributed by atoms with Crippen LogP contribution in [0.3, 0.4) is 0 Å². The topological polar surface area (TPSA) is 56.7 Å². The monoisotopic (exact) mass is 397 g/mol. The lowest BCUT2D eigenvalue weighted by Gasteiger charge is -2.37. The van der Waals surface area contributed by atoms with Crippen LogP contribution in [0.1, 0.15) is 17.2 Å². The van der Waals surface area contributed by atoms with Gasteiger partial charge in [0.15, 0.2) is 6.10 Å². The summed E-state index contributed by atoms with van der Waals surface area (Å²) >= 11 is 0. The van der Waals surface area contributed by atoms with E-state index in [-0.39, 0.29) is 5.56 Å². The molecule has 0 bridgehead atoms. The zero-order valence-electron chi connectivity index (χ0n) is 16.0. The molecular weight excluding hydrogens is 376 g/mol. The number of hydrogen-bond donors (Lipinski definition) is 1. The number of nitrogens with zero attached hydrogens (tertiary/aromatic N) is 3. The van der Waals surface area contributed by atoms with Gasteiger partial charge >= 0.3 is 0 Å². The average molecular weight is 397 g/mol. The highest BCUT2D eigenvalue weighted by atomic mass is 19.1. The minimum atomic E-state index is -1.65. The molecule has 1 saturated heterocycles. The van der Waals surface area contributed by atoms with E-state index >= 15 is 0 Å². The van der Waals surface area contributed by atoms with Crippen molar-refractivity contribution in [2.24, 2.45) is 0 Å². The Kier molecular flexibility index (Phi) is 5.15.